The molecule has 8 nitrogen and oxygen atoms in total. The fourth-order valence-electron chi connectivity index (χ4n) is 2.59. The predicted molar refractivity (Wildman–Crippen MR) is 101 cm³/mol. The molecule has 0 fully saturated rings. The van der Waals surface area contributed by atoms with Crippen LogP contribution >= 0.6 is 0 Å². The van der Waals surface area contributed by atoms with Gasteiger partial charge in [0.2, 0.25) is 0 Å². The fourth-order valence-corrected chi connectivity index (χ4v) is 3.26. The first-order valence-corrected chi connectivity index (χ1v) is 10.1. The molecule has 0 spiro atoms. The maximum Gasteiger partial charge on any atom is 0.271 e. The molecule has 0 bridgehead atoms. The summed E-state index contributed by atoms with van der Waals surface area (Å²) in [5, 5.41) is 11.1. The topological polar surface area (TPSA) is 124 Å². The van der Waals surface area contributed by atoms with Crippen LogP contribution in [0.5, 0.6) is 0 Å². The van der Waals surface area contributed by atoms with Gasteiger partial charge in [-0.1, -0.05) is 30.3 Å². The van der Waals surface area contributed by atoms with Crippen molar-refractivity contribution in [1.82, 2.24) is 4.90 Å². The number of nitro benzene ring substituents is 1. The zero-order chi connectivity index (χ0) is 20.0. The van der Waals surface area contributed by atoms with Gasteiger partial charge in [0.1, 0.15) is 0 Å². The predicted octanol–water partition coefficient (Wildman–Crippen LogP) is 1.64. The van der Waals surface area contributed by atoms with Crippen LogP contribution in [0.1, 0.15) is 15.9 Å². The lowest BCUT2D eigenvalue weighted by Crippen LogP contribution is -2.37. The highest BCUT2D eigenvalue weighted by atomic mass is 32.2. The van der Waals surface area contributed by atoms with Gasteiger partial charge < -0.3 is 10.6 Å². The van der Waals surface area contributed by atoms with Crippen molar-refractivity contribution in [3.8, 4) is 0 Å². The number of carbonyl (C=O) groups is 1. The maximum absolute atomic E-state index is 12.9. The van der Waals surface area contributed by atoms with E-state index in [0.29, 0.717) is 13.0 Å². The van der Waals surface area contributed by atoms with Crippen LogP contribution in [-0.4, -0.2) is 50.0 Å². The highest BCUT2D eigenvalue weighted by Crippen LogP contribution is 2.22. The molecule has 1 amide bonds. The first-order valence-electron chi connectivity index (χ1n) is 8.25. The van der Waals surface area contributed by atoms with E-state index in [2.05, 4.69) is 0 Å². The van der Waals surface area contributed by atoms with Gasteiger partial charge in [-0.3, -0.25) is 14.9 Å². The monoisotopic (exact) mass is 391 g/mol. The fraction of sp³-hybridized carbons (Fsp3) is 0.278. The lowest BCUT2D eigenvalue weighted by atomic mass is 10.1. The molecule has 2 aromatic rings. The summed E-state index contributed by atoms with van der Waals surface area (Å²) < 4.78 is 23.6. The van der Waals surface area contributed by atoms with E-state index >= 15 is 0 Å². The summed E-state index contributed by atoms with van der Waals surface area (Å²) in [5.41, 5.74) is 6.13. The quantitative estimate of drug-likeness (QED) is 0.539. The summed E-state index contributed by atoms with van der Waals surface area (Å²) in [6.07, 6.45) is 1.52. The normalized spacial score (nSPS) is 11.2. The standard InChI is InChI=1S/C18H21N3O5S/c1-27(25,26)17-12-15(11-16(13-17)21(23)24)18(22)20(10-8-19)9-7-14-5-3-2-4-6-14/h2-6,11-13H,7-10,19H2,1H3. The Morgan fingerprint density at radius 2 is 1.81 bits per heavy atom. The van der Waals surface area contributed by atoms with Crippen LogP contribution in [-0.2, 0) is 16.3 Å². The van der Waals surface area contributed by atoms with E-state index in [0.717, 1.165) is 30.0 Å². The summed E-state index contributed by atoms with van der Waals surface area (Å²) in [5.74, 6) is -0.495. The molecule has 2 N–H and O–H groups in total. The summed E-state index contributed by atoms with van der Waals surface area (Å²) in [6, 6.07) is 12.7. The molecular weight excluding hydrogens is 370 g/mol. The maximum atomic E-state index is 12.9. The molecule has 2 rings (SSSR count). The minimum absolute atomic E-state index is 0.0499. The highest BCUT2D eigenvalue weighted by Gasteiger charge is 2.22. The zero-order valence-electron chi connectivity index (χ0n) is 14.9. The van der Waals surface area contributed by atoms with Crippen molar-refractivity contribution >= 4 is 21.4 Å². The van der Waals surface area contributed by atoms with Crippen LogP contribution in [0.4, 0.5) is 5.69 Å². The number of hydrogen-bond acceptors (Lipinski definition) is 6. The number of non-ortho nitro benzene ring substituents is 1. The van der Waals surface area contributed by atoms with Crippen LogP contribution in [0.25, 0.3) is 0 Å². The van der Waals surface area contributed by atoms with Crippen LogP contribution in [0, 0.1) is 10.1 Å². The third-order valence-corrected chi connectivity index (χ3v) is 5.07. The van der Waals surface area contributed by atoms with E-state index < -0.39 is 26.4 Å². The van der Waals surface area contributed by atoms with Crippen LogP contribution in [0.15, 0.2) is 53.4 Å². The average molecular weight is 391 g/mol. The number of rotatable bonds is 8. The number of hydrogen-bond donors (Lipinski definition) is 1. The number of sulfone groups is 1. The zero-order valence-corrected chi connectivity index (χ0v) is 15.7. The SMILES string of the molecule is CS(=O)(=O)c1cc(C(=O)N(CCN)CCc2ccccc2)cc([N+](=O)[O-])c1. The summed E-state index contributed by atoms with van der Waals surface area (Å²) >= 11 is 0. The molecule has 0 aliphatic rings. The van der Waals surface area contributed by atoms with Gasteiger partial charge in [0, 0.05) is 43.6 Å². The highest BCUT2D eigenvalue weighted by molar-refractivity contribution is 7.90. The van der Waals surface area contributed by atoms with Gasteiger partial charge in [0.05, 0.1) is 9.82 Å². The number of nitrogens with zero attached hydrogens (tertiary/aromatic N) is 2. The molecule has 9 heteroatoms. The van der Waals surface area contributed by atoms with Crippen LogP contribution in [0.3, 0.4) is 0 Å². The summed E-state index contributed by atoms with van der Waals surface area (Å²) in [7, 11) is -3.71. The third kappa shape index (κ3) is 5.60. The van der Waals surface area contributed by atoms with E-state index in [9.17, 15) is 23.3 Å². The van der Waals surface area contributed by atoms with Gasteiger partial charge in [-0.15, -0.1) is 0 Å². The minimum atomic E-state index is -3.71. The van der Waals surface area contributed by atoms with E-state index in [-0.39, 0.29) is 23.5 Å². The third-order valence-electron chi connectivity index (χ3n) is 3.98. The molecule has 27 heavy (non-hydrogen) atoms. The van der Waals surface area contributed by atoms with E-state index in [4.69, 9.17) is 5.73 Å². The van der Waals surface area contributed by atoms with Crippen molar-refractivity contribution in [3.63, 3.8) is 0 Å². The minimum Gasteiger partial charge on any atom is -0.337 e. The van der Waals surface area contributed by atoms with Gasteiger partial charge in [-0.2, -0.15) is 0 Å². The first-order chi connectivity index (χ1) is 12.7. The molecule has 0 atom stereocenters. The molecule has 0 aliphatic carbocycles. The molecular formula is C18H21N3O5S. The molecule has 2 aromatic carbocycles. The summed E-state index contributed by atoms with van der Waals surface area (Å²) in [4.78, 5) is 24.5. The largest absolute Gasteiger partial charge is 0.337 e. The van der Waals surface area contributed by atoms with Crippen molar-refractivity contribution in [2.24, 2.45) is 5.73 Å². The smallest absolute Gasteiger partial charge is 0.271 e. The number of nitro groups is 1. The number of benzene rings is 2. The van der Waals surface area contributed by atoms with Crippen molar-refractivity contribution in [2.75, 3.05) is 25.9 Å². The van der Waals surface area contributed by atoms with E-state index in [1.54, 1.807) is 0 Å². The molecule has 0 radical (unpaired) electrons. The van der Waals surface area contributed by atoms with Gasteiger partial charge in [-0.05, 0) is 18.1 Å². The van der Waals surface area contributed by atoms with Crippen molar-refractivity contribution in [1.29, 1.82) is 0 Å². The van der Waals surface area contributed by atoms with Gasteiger partial charge >= 0.3 is 0 Å². The Labute approximate surface area is 157 Å². The van der Waals surface area contributed by atoms with E-state index in [1.807, 2.05) is 30.3 Å². The lowest BCUT2D eigenvalue weighted by Gasteiger charge is -2.22. The molecule has 0 saturated carbocycles. The second-order valence-electron chi connectivity index (χ2n) is 6.06. The molecule has 0 aliphatic heterocycles. The Morgan fingerprint density at radius 1 is 1.15 bits per heavy atom. The molecule has 0 aromatic heterocycles. The van der Waals surface area contributed by atoms with Gasteiger partial charge in [0.15, 0.2) is 9.84 Å². The average Bonchev–Trinajstić information content (AvgIpc) is 2.64. The molecule has 0 heterocycles. The first kappa shape index (κ1) is 20.5. The molecule has 144 valence electrons. The Bertz CT molecular complexity index is 929. The second-order valence-corrected chi connectivity index (χ2v) is 8.08. The summed E-state index contributed by atoms with van der Waals surface area (Å²) in [6.45, 7) is 0.827. The van der Waals surface area contributed by atoms with Gasteiger partial charge in [0.25, 0.3) is 11.6 Å². The number of carbonyl (C=O) groups excluding carboxylic acids is 1. The molecule has 0 unspecified atom stereocenters. The van der Waals surface area contributed by atoms with Gasteiger partial charge in [-0.25, -0.2) is 8.42 Å². The Kier molecular flexibility index (Phi) is 6.65. The van der Waals surface area contributed by atoms with Crippen LogP contribution < -0.4 is 5.73 Å². The van der Waals surface area contributed by atoms with Crippen molar-refractivity contribution in [3.05, 3.63) is 69.8 Å². The molecule has 0 saturated heterocycles. The Balaban J connectivity index is 2.33. The number of amides is 1. The Morgan fingerprint density at radius 3 is 2.37 bits per heavy atom. The van der Waals surface area contributed by atoms with Crippen LogP contribution in [0.2, 0.25) is 0 Å². The number of nitrogens with two attached hydrogens (primary N) is 1. The second kappa shape index (κ2) is 8.74. The Hall–Kier alpha value is -2.78. The van der Waals surface area contributed by atoms with Crippen molar-refractivity contribution in [2.45, 2.75) is 11.3 Å². The van der Waals surface area contributed by atoms with Crippen molar-refractivity contribution < 1.29 is 18.1 Å². The lowest BCUT2D eigenvalue weighted by molar-refractivity contribution is -0.385. The van der Waals surface area contributed by atoms with E-state index in [1.165, 1.54) is 4.90 Å².